The van der Waals surface area contributed by atoms with Crippen molar-refractivity contribution in [3.8, 4) is 5.75 Å². The second-order valence-corrected chi connectivity index (χ2v) is 4.46. The first kappa shape index (κ1) is 13.9. The van der Waals surface area contributed by atoms with Crippen molar-refractivity contribution in [1.29, 1.82) is 0 Å². The SMILES string of the molecule is COc1cccc(NCc2ccc(NC(C)=O)cc2)c1. The first-order chi connectivity index (χ1) is 9.67. The van der Waals surface area contributed by atoms with Crippen LogP contribution < -0.4 is 15.4 Å². The second kappa shape index (κ2) is 6.61. The summed E-state index contributed by atoms with van der Waals surface area (Å²) in [5, 5.41) is 6.07. The lowest BCUT2D eigenvalue weighted by Gasteiger charge is -2.09. The molecule has 0 fully saturated rings. The standard InChI is InChI=1S/C16H18N2O2/c1-12(19)18-14-8-6-13(7-9-14)11-17-15-4-3-5-16(10-15)20-2/h3-10,17H,11H2,1-2H3,(H,18,19). The Balaban J connectivity index is 1.94. The number of methoxy groups -OCH3 is 1. The smallest absolute Gasteiger partial charge is 0.221 e. The van der Waals surface area contributed by atoms with Crippen LogP contribution in [-0.2, 0) is 11.3 Å². The van der Waals surface area contributed by atoms with E-state index in [9.17, 15) is 4.79 Å². The highest BCUT2D eigenvalue weighted by Gasteiger charge is 1.98. The Hall–Kier alpha value is -2.49. The highest BCUT2D eigenvalue weighted by atomic mass is 16.5. The fraction of sp³-hybridized carbons (Fsp3) is 0.188. The maximum atomic E-state index is 10.9. The van der Waals surface area contributed by atoms with Gasteiger partial charge in [0.15, 0.2) is 0 Å². The highest BCUT2D eigenvalue weighted by molar-refractivity contribution is 5.88. The predicted molar refractivity (Wildman–Crippen MR) is 81.1 cm³/mol. The van der Waals surface area contributed by atoms with E-state index in [1.807, 2.05) is 48.5 Å². The summed E-state index contributed by atoms with van der Waals surface area (Å²) in [7, 11) is 1.65. The third-order valence-electron chi connectivity index (χ3n) is 2.84. The van der Waals surface area contributed by atoms with Crippen molar-refractivity contribution in [2.45, 2.75) is 13.5 Å². The van der Waals surface area contributed by atoms with Gasteiger partial charge < -0.3 is 15.4 Å². The van der Waals surface area contributed by atoms with Crippen LogP contribution in [0.2, 0.25) is 0 Å². The van der Waals surface area contributed by atoms with Crippen LogP contribution in [0.5, 0.6) is 5.75 Å². The number of hydrogen-bond acceptors (Lipinski definition) is 3. The molecule has 0 bridgehead atoms. The summed E-state index contributed by atoms with van der Waals surface area (Å²) in [5.41, 5.74) is 2.96. The van der Waals surface area contributed by atoms with Gasteiger partial charge in [-0.15, -0.1) is 0 Å². The van der Waals surface area contributed by atoms with Crippen molar-refractivity contribution in [3.63, 3.8) is 0 Å². The van der Waals surface area contributed by atoms with Crippen LogP contribution in [0.25, 0.3) is 0 Å². The number of anilines is 2. The zero-order valence-corrected chi connectivity index (χ0v) is 11.6. The molecule has 0 aliphatic rings. The van der Waals surface area contributed by atoms with Crippen LogP contribution >= 0.6 is 0 Å². The molecule has 2 rings (SSSR count). The fourth-order valence-electron chi connectivity index (χ4n) is 1.85. The zero-order chi connectivity index (χ0) is 14.4. The summed E-state index contributed by atoms with van der Waals surface area (Å²) in [5.74, 6) is 0.767. The van der Waals surface area contributed by atoms with Crippen LogP contribution in [0.3, 0.4) is 0 Å². The maximum Gasteiger partial charge on any atom is 0.221 e. The average Bonchev–Trinajstić information content (AvgIpc) is 2.46. The third-order valence-corrected chi connectivity index (χ3v) is 2.84. The summed E-state index contributed by atoms with van der Waals surface area (Å²) in [6, 6.07) is 15.6. The Labute approximate surface area is 118 Å². The molecule has 0 unspecified atom stereocenters. The van der Waals surface area contributed by atoms with Crippen LogP contribution in [0.1, 0.15) is 12.5 Å². The summed E-state index contributed by atoms with van der Waals surface area (Å²) in [6.07, 6.45) is 0. The quantitative estimate of drug-likeness (QED) is 0.876. The van der Waals surface area contributed by atoms with Gasteiger partial charge in [-0.3, -0.25) is 4.79 Å². The molecule has 4 heteroatoms. The molecule has 20 heavy (non-hydrogen) atoms. The molecule has 2 aromatic rings. The maximum absolute atomic E-state index is 10.9. The van der Waals surface area contributed by atoms with Crippen molar-refractivity contribution in [1.82, 2.24) is 0 Å². The van der Waals surface area contributed by atoms with Gasteiger partial charge in [-0.25, -0.2) is 0 Å². The largest absolute Gasteiger partial charge is 0.497 e. The van der Waals surface area contributed by atoms with Gasteiger partial charge in [0.2, 0.25) is 5.91 Å². The zero-order valence-electron chi connectivity index (χ0n) is 11.6. The third kappa shape index (κ3) is 4.02. The molecule has 2 N–H and O–H groups in total. The van der Waals surface area contributed by atoms with Gasteiger partial charge in [0, 0.05) is 30.9 Å². The Morgan fingerprint density at radius 2 is 1.85 bits per heavy atom. The summed E-state index contributed by atoms with van der Waals surface area (Å²) in [4.78, 5) is 10.9. The van der Waals surface area contributed by atoms with Gasteiger partial charge in [0.05, 0.1) is 7.11 Å². The number of ether oxygens (including phenoxy) is 1. The van der Waals surface area contributed by atoms with Gasteiger partial charge in [0.25, 0.3) is 0 Å². The minimum atomic E-state index is -0.0627. The van der Waals surface area contributed by atoms with Gasteiger partial charge in [-0.2, -0.15) is 0 Å². The van der Waals surface area contributed by atoms with Crippen LogP contribution in [0.15, 0.2) is 48.5 Å². The molecule has 0 saturated heterocycles. The lowest BCUT2D eigenvalue weighted by atomic mass is 10.2. The minimum absolute atomic E-state index is 0.0627. The van der Waals surface area contributed by atoms with E-state index < -0.39 is 0 Å². The topological polar surface area (TPSA) is 50.4 Å². The predicted octanol–water partition coefficient (Wildman–Crippen LogP) is 3.27. The van der Waals surface area contributed by atoms with E-state index in [4.69, 9.17) is 4.74 Å². The molecule has 0 aromatic heterocycles. The Morgan fingerprint density at radius 1 is 1.10 bits per heavy atom. The van der Waals surface area contributed by atoms with Gasteiger partial charge >= 0.3 is 0 Å². The van der Waals surface area contributed by atoms with Crippen molar-refractivity contribution in [2.75, 3.05) is 17.7 Å². The number of rotatable bonds is 5. The molecule has 0 atom stereocenters. The Bertz CT molecular complexity index is 579. The molecule has 2 aromatic carbocycles. The summed E-state index contributed by atoms with van der Waals surface area (Å²) in [6.45, 7) is 2.21. The average molecular weight is 270 g/mol. The molecule has 0 heterocycles. The van der Waals surface area contributed by atoms with Gasteiger partial charge in [0.1, 0.15) is 5.75 Å². The van der Waals surface area contributed by atoms with Crippen molar-refractivity contribution in [3.05, 3.63) is 54.1 Å². The first-order valence-electron chi connectivity index (χ1n) is 6.42. The lowest BCUT2D eigenvalue weighted by Crippen LogP contribution is -2.06. The van der Waals surface area contributed by atoms with E-state index in [2.05, 4.69) is 10.6 Å². The highest BCUT2D eigenvalue weighted by Crippen LogP contribution is 2.18. The van der Waals surface area contributed by atoms with Gasteiger partial charge in [-0.1, -0.05) is 18.2 Å². The van der Waals surface area contributed by atoms with E-state index in [0.29, 0.717) is 6.54 Å². The van der Waals surface area contributed by atoms with E-state index in [0.717, 1.165) is 22.7 Å². The first-order valence-corrected chi connectivity index (χ1v) is 6.42. The number of amides is 1. The minimum Gasteiger partial charge on any atom is -0.497 e. The van der Waals surface area contributed by atoms with Crippen LogP contribution in [0.4, 0.5) is 11.4 Å². The second-order valence-electron chi connectivity index (χ2n) is 4.46. The molecular weight excluding hydrogens is 252 g/mol. The molecule has 0 aliphatic carbocycles. The van der Waals surface area contributed by atoms with Gasteiger partial charge in [-0.05, 0) is 29.8 Å². The molecular formula is C16H18N2O2. The Morgan fingerprint density at radius 3 is 2.50 bits per heavy atom. The number of hydrogen-bond donors (Lipinski definition) is 2. The van der Waals surface area contributed by atoms with E-state index in [1.165, 1.54) is 6.92 Å². The fourth-order valence-corrected chi connectivity index (χ4v) is 1.85. The van der Waals surface area contributed by atoms with Crippen molar-refractivity contribution < 1.29 is 9.53 Å². The number of carbonyl (C=O) groups is 1. The normalized spacial score (nSPS) is 9.90. The molecule has 4 nitrogen and oxygen atoms in total. The van der Waals surface area contributed by atoms with Crippen LogP contribution in [0, 0.1) is 0 Å². The van der Waals surface area contributed by atoms with E-state index in [1.54, 1.807) is 7.11 Å². The summed E-state index contributed by atoms with van der Waals surface area (Å²) < 4.78 is 5.18. The van der Waals surface area contributed by atoms with E-state index in [-0.39, 0.29) is 5.91 Å². The molecule has 104 valence electrons. The van der Waals surface area contributed by atoms with Crippen LogP contribution in [-0.4, -0.2) is 13.0 Å². The van der Waals surface area contributed by atoms with E-state index >= 15 is 0 Å². The molecule has 0 aliphatic heterocycles. The van der Waals surface area contributed by atoms with Crippen molar-refractivity contribution >= 4 is 17.3 Å². The molecule has 1 amide bonds. The number of nitrogens with one attached hydrogen (secondary N) is 2. The molecule has 0 radical (unpaired) electrons. The Kier molecular flexibility index (Phi) is 4.60. The number of benzene rings is 2. The molecule has 0 saturated carbocycles. The monoisotopic (exact) mass is 270 g/mol. The number of carbonyl (C=O) groups excluding carboxylic acids is 1. The van der Waals surface area contributed by atoms with Crippen molar-refractivity contribution in [2.24, 2.45) is 0 Å². The molecule has 0 spiro atoms. The lowest BCUT2D eigenvalue weighted by molar-refractivity contribution is -0.114. The summed E-state index contributed by atoms with van der Waals surface area (Å²) >= 11 is 0.